The number of aryl methyl sites for hydroxylation is 1. The van der Waals surface area contributed by atoms with Crippen LogP contribution < -0.4 is 10.6 Å². The smallest absolute Gasteiger partial charge is 0.475 e. The Bertz CT molecular complexity index is 1300. The van der Waals surface area contributed by atoms with Crippen LogP contribution in [0.3, 0.4) is 0 Å². The first-order valence-electron chi connectivity index (χ1n) is 13.1. The fraction of sp³-hybridized carbons (Fsp3) is 0.414. The number of amides is 2. The number of nitrogens with zero attached hydrogens (tertiary/aromatic N) is 1. The number of carbonyl (C=O) groups is 3. The predicted octanol–water partition coefficient (Wildman–Crippen LogP) is 4.82. The van der Waals surface area contributed by atoms with Gasteiger partial charge < -0.3 is 25.6 Å². The van der Waals surface area contributed by atoms with Gasteiger partial charge in [-0.2, -0.15) is 13.2 Å². The van der Waals surface area contributed by atoms with E-state index in [2.05, 4.69) is 34.4 Å². The number of carbonyl (C=O) groups excluding carboxylic acids is 2. The molecule has 1 atom stereocenters. The van der Waals surface area contributed by atoms with E-state index in [1.54, 1.807) is 6.07 Å². The van der Waals surface area contributed by atoms with Crippen molar-refractivity contribution in [3.05, 3.63) is 71.4 Å². The number of aromatic nitrogens is 1. The van der Waals surface area contributed by atoms with Crippen LogP contribution in [0.25, 0.3) is 10.9 Å². The lowest BCUT2D eigenvalue weighted by molar-refractivity contribution is -0.192. The number of nitrogens with one attached hydrogen (secondary N) is 3. The van der Waals surface area contributed by atoms with Crippen molar-refractivity contribution in [1.29, 1.82) is 0 Å². The van der Waals surface area contributed by atoms with Gasteiger partial charge in [-0.1, -0.05) is 36.4 Å². The van der Waals surface area contributed by atoms with E-state index in [0.717, 1.165) is 48.0 Å². The van der Waals surface area contributed by atoms with Crippen molar-refractivity contribution in [2.75, 3.05) is 19.6 Å². The molecule has 1 fully saturated rings. The Morgan fingerprint density at radius 1 is 1.07 bits per heavy atom. The third-order valence-electron chi connectivity index (χ3n) is 7.01. The van der Waals surface area contributed by atoms with Gasteiger partial charge in [0.1, 0.15) is 6.04 Å². The second-order valence-electron chi connectivity index (χ2n) is 10.2. The Kier molecular flexibility index (Phi) is 10.3. The predicted molar refractivity (Wildman–Crippen MR) is 146 cm³/mol. The Morgan fingerprint density at radius 2 is 1.70 bits per heavy atom. The molecule has 0 unspecified atom stereocenters. The van der Waals surface area contributed by atoms with Gasteiger partial charge in [-0.25, -0.2) is 4.79 Å². The fourth-order valence-corrected chi connectivity index (χ4v) is 4.59. The molecule has 4 rings (SSSR count). The summed E-state index contributed by atoms with van der Waals surface area (Å²) >= 11 is 0. The van der Waals surface area contributed by atoms with Crippen molar-refractivity contribution in [2.24, 2.45) is 5.92 Å². The van der Waals surface area contributed by atoms with E-state index in [0.29, 0.717) is 24.1 Å². The molecule has 1 aromatic heterocycles. The Balaban J connectivity index is 0.000000559. The number of hydrogen-bond acceptors (Lipinski definition) is 4. The molecule has 216 valence electrons. The number of rotatable bonds is 7. The summed E-state index contributed by atoms with van der Waals surface area (Å²) in [6.07, 6.45) is -0.995. The van der Waals surface area contributed by atoms with Gasteiger partial charge in [0.2, 0.25) is 5.91 Å². The minimum Gasteiger partial charge on any atom is -0.475 e. The molecule has 0 bridgehead atoms. The molecule has 1 aliphatic heterocycles. The molecule has 40 heavy (non-hydrogen) atoms. The van der Waals surface area contributed by atoms with Gasteiger partial charge in [-0.15, -0.1) is 0 Å². The van der Waals surface area contributed by atoms with E-state index in [1.807, 2.05) is 55.6 Å². The molecule has 1 saturated heterocycles. The Labute approximate surface area is 230 Å². The lowest BCUT2D eigenvalue weighted by atomic mass is 9.95. The summed E-state index contributed by atoms with van der Waals surface area (Å²) in [4.78, 5) is 40.8. The summed E-state index contributed by atoms with van der Waals surface area (Å²) in [6.45, 7) is 9.25. The average Bonchev–Trinajstić information content (AvgIpc) is 3.30. The Hall–Kier alpha value is -3.86. The molecule has 0 saturated carbocycles. The summed E-state index contributed by atoms with van der Waals surface area (Å²) in [5.41, 5.74) is 3.35. The van der Waals surface area contributed by atoms with Gasteiger partial charge in [0.15, 0.2) is 0 Å². The normalized spacial score (nSPS) is 15.3. The molecule has 2 heterocycles. The van der Waals surface area contributed by atoms with E-state index in [-0.39, 0.29) is 11.8 Å². The van der Waals surface area contributed by atoms with Gasteiger partial charge in [0, 0.05) is 35.2 Å². The molecule has 0 spiro atoms. The topological polar surface area (TPSA) is 115 Å². The SMILES string of the molecule is Cc1c[nH]c2cc(C(=O)N[C@@H](C(=O)NCC3CCN(C(C)C)CC3)c3ccccc3)ccc12.O=C(O)C(F)(F)F. The highest BCUT2D eigenvalue weighted by Crippen LogP contribution is 2.21. The molecule has 4 N–H and O–H groups in total. The van der Waals surface area contributed by atoms with Crippen molar-refractivity contribution in [3.63, 3.8) is 0 Å². The summed E-state index contributed by atoms with van der Waals surface area (Å²) in [5, 5.41) is 14.3. The van der Waals surface area contributed by atoms with Crippen LogP contribution in [0.2, 0.25) is 0 Å². The maximum Gasteiger partial charge on any atom is 0.490 e. The molecular formula is C29H35F3N4O4. The largest absolute Gasteiger partial charge is 0.490 e. The highest BCUT2D eigenvalue weighted by Gasteiger charge is 2.38. The van der Waals surface area contributed by atoms with Crippen LogP contribution in [0, 0.1) is 12.8 Å². The summed E-state index contributed by atoms with van der Waals surface area (Å²) < 4.78 is 31.7. The molecule has 8 nitrogen and oxygen atoms in total. The zero-order chi connectivity index (χ0) is 29.4. The summed E-state index contributed by atoms with van der Waals surface area (Å²) in [6, 6.07) is 14.8. The number of hydrogen-bond donors (Lipinski definition) is 4. The fourth-order valence-electron chi connectivity index (χ4n) is 4.59. The molecule has 2 aromatic carbocycles. The van der Waals surface area contributed by atoms with Crippen molar-refractivity contribution in [2.45, 2.75) is 51.9 Å². The third kappa shape index (κ3) is 8.32. The molecule has 3 aromatic rings. The number of halogens is 3. The number of alkyl halides is 3. The number of aliphatic carboxylic acids is 1. The van der Waals surface area contributed by atoms with Crippen LogP contribution in [0.15, 0.2) is 54.7 Å². The summed E-state index contributed by atoms with van der Waals surface area (Å²) in [5.74, 6) is -2.72. The number of aromatic amines is 1. The van der Waals surface area contributed by atoms with Crippen molar-refractivity contribution in [3.8, 4) is 0 Å². The number of carboxylic acid groups (broad SMARTS) is 1. The lowest BCUT2D eigenvalue weighted by Gasteiger charge is -2.34. The van der Waals surface area contributed by atoms with E-state index < -0.39 is 18.2 Å². The lowest BCUT2D eigenvalue weighted by Crippen LogP contribution is -2.44. The molecule has 0 aliphatic carbocycles. The number of benzene rings is 2. The maximum atomic E-state index is 13.2. The molecular weight excluding hydrogens is 525 g/mol. The van der Waals surface area contributed by atoms with Crippen LogP contribution in [0.4, 0.5) is 13.2 Å². The van der Waals surface area contributed by atoms with E-state index in [1.165, 1.54) is 0 Å². The number of fused-ring (bicyclic) bond motifs is 1. The van der Waals surface area contributed by atoms with Gasteiger partial charge >= 0.3 is 12.1 Å². The first-order chi connectivity index (χ1) is 18.9. The van der Waals surface area contributed by atoms with Crippen LogP contribution in [0.1, 0.15) is 54.2 Å². The first kappa shape index (κ1) is 30.7. The zero-order valence-corrected chi connectivity index (χ0v) is 22.7. The van der Waals surface area contributed by atoms with Gasteiger partial charge in [0.25, 0.3) is 5.91 Å². The minimum atomic E-state index is -5.08. The van der Waals surface area contributed by atoms with E-state index >= 15 is 0 Å². The number of H-pyrrole nitrogens is 1. The number of piperidine rings is 1. The van der Waals surface area contributed by atoms with E-state index in [4.69, 9.17) is 9.90 Å². The first-order valence-corrected chi connectivity index (χ1v) is 13.1. The third-order valence-corrected chi connectivity index (χ3v) is 7.01. The van der Waals surface area contributed by atoms with Crippen molar-refractivity contribution >= 4 is 28.7 Å². The Morgan fingerprint density at radius 3 is 2.27 bits per heavy atom. The molecule has 2 amide bonds. The van der Waals surface area contributed by atoms with Crippen molar-refractivity contribution < 1.29 is 32.7 Å². The minimum absolute atomic E-state index is 0.169. The zero-order valence-electron chi connectivity index (χ0n) is 22.7. The quantitative estimate of drug-likeness (QED) is 0.331. The maximum absolute atomic E-state index is 13.2. The standard InChI is InChI=1S/C27H34N4O2.C2HF3O2/c1-18(2)31-13-11-20(12-14-31)17-29-27(33)25(21-7-5-4-6-8-21)30-26(32)22-9-10-23-19(3)16-28-24(23)15-22;3-2(4,5)1(6)7/h4-10,15-16,18,20,25,28H,11-14,17H2,1-3H3,(H,29,33)(H,30,32);(H,6,7)/t25-;/m1./s1. The molecule has 1 aliphatic rings. The highest BCUT2D eigenvalue weighted by atomic mass is 19.4. The average molecular weight is 561 g/mol. The van der Waals surface area contributed by atoms with Crippen LogP contribution in [-0.4, -0.2) is 64.6 Å². The van der Waals surface area contributed by atoms with Crippen LogP contribution in [-0.2, 0) is 9.59 Å². The van der Waals surface area contributed by atoms with Gasteiger partial charge in [-0.3, -0.25) is 9.59 Å². The highest BCUT2D eigenvalue weighted by molar-refractivity contribution is 6.00. The second-order valence-corrected chi connectivity index (χ2v) is 10.2. The van der Waals surface area contributed by atoms with Gasteiger partial charge in [0.05, 0.1) is 0 Å². The summed E-state index contributed by atoms with van der Waals surface area (Å²) in [7, 11) is 0. The van der Waals surface area contributed by atoms with E-state index in [9.17, 15) is 22.8 Å². The molecule has 0 radical (unpaired) electrons. The van der Waals surface area contributed by atoms with Crippen LogP contribution in [0.5, 0.6) is 0 Å². The monoisotopic (exact) mass is 560 g/mol. The van der Waals surface area contributed by atoms with Crippen LogP contribution >= 0.6 is 0 Å². The second kappa shape index (κ2) is 13.5. The van der Waals surface area contributed by atoms with Crippen molar-refractivity contribution in [1.82, 2.24) is 20.5 Å². The number of carboxylic acids is 1. The molecule has 11 heteroatoms. The van der Waals surface area contributed by atoms with Gasteiger partial charge in [-0.05, 0) is 75.9 Å². The number of likely N-dealkylation sites (tertiary alicyclic amines) is 1.